The molecular weight excluding hydrogens is 439 g/mol. The second-order valence-electron chi connectivity index (χ2n) is 5.59. The summed E-state index contributed by atoms with van der Waals surface area (Å²) in [5.41, 5.74) is -0.542. The fourth-order valence-corrected chi connectivity index (χ4v) is 5.35. The van der Waals surface area contributed by atoms with Crippen molar-refractivity contribution < 1.29 is 13.5 Å². The van der Waals surface area contributed by atoms with Crippen molar-refractivity contribution in [3.8, 4) is 0 Å². The van der Waals surface area contributed by atoms with Gasteiger partial charge in [-0.15, -0.1) is 0 Å². The fraction of sp³-hybridized carbons (Fsp3) is 0.188. The van der Waals surface area contributed by atoms with E-state index in [9.17, 15) is 13.5 Å². The van der Waals surface area contributed by atoms with Crippen molar-refractivity contribution in [1.82, 2.24) is 4.90 Å². The molecule has 0 aliphatic carbocycles. The van der Waals surface area contributed by atoms with E-state index in [0.29, 0.717) is 21.4 Å². The number of benzene rings is 2. The van der Waals surface area contributed by atoms with E-state index >= 15 is 0 Å². The second-order valence-corrected chi connectivity index (χ2v) is 9.88. The maximum atomic E-state index is 11.7. The standard InChI is InChI=1S/C16H13Cl3N2O3S2/c1-21-15(20-13-5-3-2-4-11(13)17)25-9-16(21,22)10-6-7-12(18)14(8-10)26(19,23)24/h2-8,22H,9H2,1H3. The molecule has 1 unspecified atom stereocenters. The molecule has 3 rings (SSSR count). The van der Waals surface area contributed by atoms with E-state index < -0.39 is 14.8 Å². The van der Waals surface area contributed by atoms with E-state index in [4.69, 9.17) is 33.9 Å². The molecule has 1 saturated heterocycles. The number of para-hydroxylation sites is 1. The highest BCUT2D eigenvalue weighted by molar-refractivity contribution is 8.14. The average Bonchev–Trinajstić information content (AvgIpc) is 2.86. The molecule has 0 spiro atoms. The highest BCUT2D eigenvalue weighted by atomic mass is 35.7. The van der Waals surface area contributed by atoms with Crippen LogP contribution in [0.25, 0.3) is 0 Å². The molecule has 1 heterocycles. The SMILES string of the molecule is CN1C(=Nc2ccccc2Cl)SCC1(O)c1ccc(Cl)c(S(=O)(=O)Cl)c1. The van der Waals surface area contributed by atoms with Crippen LogP contribution in [0.3, 0.4) is 0 Å². The minimum atomic E-state index is -4.04. The van der Waals surface area contributed by atoms with E-state index in [1.807, 2.05) is 6.07 Å². The van der Waals surface area contributed by atoms with Gasteiger partial charge >= 0.3 is 0 Å². The number of aliphatic imine (C=N–C) groups is 1. The first-order valence-electron chi connectivity index (χ1n) is 7.30. The van der Waals surface area contributed by atoms with Gasteiger partial charge in [-0.25, -0.2) is 13.4 Å². The van der Waals surface area contributed by atoms with Gasteiger partial charge in [0.1, 0.15) is 4.90 Å². The molecule has 0 aromatic heterocycles. The molecule has 1 aliphatic heterocycles. The van der Waals surface area contributed by atoms with Crippen molar-refractivity contribution in [1.29, 1.82) is 0 Å². The van der Waals surface area contributed by atoms with E-state index in [1.165, 1.54) is 23.9 Å². The number of amidine groups is 1. The minimum absolute atomic E-state index is 0.00869. The van der Waals surface area contributed by atoms with Gasteiger partial charge in [0, 0.05) is 23.3 Å². The summed E-state index contributed by atoms with van der Waals surface area (Å²) in [7, 11) is 3.05. The third-order valence-corrected chi connectivity index (χ3v) is 7.26. The number of nitrogens with zero attached hydrogens (tertiary/aromatic N) is 2. The zero-order valence-corrected chi connectivity index (χ0v) is 17.3. The van der Waals surface area contributed by atoms with Gasteiger partial charge in [0.25, 0.3) is 9.05 Å². The smallest absolute Gasteiger partial charge is 0.262 e. The van der Waals surface area contributed by atoms with E-state index in [2.05, 4.69) is 4.99 Å². The van der Waals surface area contributed by atoms with Crippen molar-refractivity contribution in [3.05, 3.63) is 58.1 Å². The van der Waals surface area contributed by atoms with Crippen LogP contribution in [0, 0.1) is 0 Å². The summed E-state index contributed by atoms with van der Waals surface area (Å²) in [5.74, 6) is 0.246. The summed E-state index contributed by atoms with van der Waals surface area (Å²) in [5, 5.41) is 12.2. The predicted octanol–water partition coefficient (Wildman–Crippen LogP) is 4.43. The minimum Gasteiger partial charge on any atom is -0.366 e. The molecule has 1 aliphatic rings. The van der Waals surface area contributed by atoms with Gasteiger partial charge in [0.05, 0.1) is 21.5 Å². The van der Waals surface area contributed by atoms with Gasteiger partial charge in [-0.1, -0.05) is 53.2 Å². The molecule has 5 nitrogen and oxygen atoms in total. The predicted molar refractivity (Wildman–Crippen MR) is 107 cm³/mol. The first kappa shape index (κ1) is 19.8. The molecule has 0 bridgehead atoms. The molecule has 0 saturated carbocycles. The molecule has 1 N–H and O–H groups in total. The van der Waals surface area contributed by atoms with Gasteiger partial charge in [-0.2, -0.15) is 0 Å². The van der Waals surface area contributed by atoms with Crippen LogP contribution in [-0.4, -0.2) is 36.4 Å². The Labute approximate surface area is 170 Å². The third-order valence-electron chi connectivity index (χ3n) is 3.97. The summed E-state index contributed by atoms with van der Waals surface area (Å²) < 4.78 is 23.4. The van der Waals surface area contributed by atoms with Crippen molar-refractivity contribution in [3.63, 3.8) is 0 Å². The fourth-order valence-electron chi connectivity index (χ4n) is 2.49. The summed E-state index contributed by atoms with van der Waals surface area (Å²) in [6, 6.07) is 11.3. The molecule has 10 heteroatoms. The largest absolute Gasteiger partial charge is 0.366 e. The van der Waals surface area contributed by atoms with Crippen LogP contribution in [0.1, 0.15) is 5.56 Å². The van der Waals surface area contributed by atoms with Crippen LogP contribution in [0.2, 0.25) is 10.0 Å². The van der Waals surface area contributed by atoms with Crippen LogP contribution in [-0.2, 0) is 14.8 Å². The lowest BCUT2D eigenvalue weighted by molar-refractivity contribution is -0.0349. The molecule has 138 valence electrons. The van der Waals surface area contributed by atoms with Gasteiger partial charge < -0.3 is 10.0 Å². The van der Waals surface area contributed by atoms with Crippen LogP contribution in [0.5, 0.6) is 0 Å². The Balaban J connectivity index is 2.01. The summed E-state index contributed by atoms with van der Waals surface area (Å²) >= 11 is 13.4. The molecule has 1 atom stereocenters. The maximum absolute atomic E-state index is 11.7. The number of rotatable bonds is 3. The van der Waals surface area contributed by atoms with Crippen LogP contribution < -0.4 is 0 Å². The number of hydrogen-bond acceptors (Lipinski definition) is 5. The first-order valence-corrected chi connectivity index (χ1v) is 11.3. The molecule has 0 amide bonds. The Morgan fingerprint density at radius 2 is 1.88 bits per heavy atom. The lowest BCUT2D eigenvalue weighted by atomic mass is 10.0. The Kier molecular flexibility index (Phi) is 5.50. The summed E-state index contributed by atoms with van der Waals surface area (Å²) in [6.45, 7) is 0. The van der Waals surface area contributed by atoms with E-state index in [-0.39, 0.29) is 15.7 Å². The van der Waals surface area contributed by atoms with E-state index in [0.717, 1.165) is 0 Å². The zero-order chi connectivity index (χ0) is 19.1. The van der Waals surface area contributed by atoms with Crippen molar-refractivity contribution in [2.45, 2.75) is 10.6 Å². The van der Waals surface area contributed by atoms with E-state index in [1.54, 1.807) is 36.2 Å². The highest BCUT2D eigenvalue weighted by Crippen LogP contribution is 2.41. The molecule has 1 fully saturated rings. The monoisotopic (exact) mass is 450 g/mol. The maximum Gasteiger partial charge on any atom is 0.262 e. The van der Waals surface area contributed by atoms with Gasteiger partial charge in [-0.05, 0) is 24.3 Å². The van der Waals surface area contributed by atoms with Gasteiger partial charge in [0.15, 0.2) is 10.9 Å². The van der Waals surface area contributed by atoms with Crippen molar-refractivity contribution in [2.24, 2.45) is 4.99 Å². The lowest BCUT2D eigenvalue weighted by Crippen LogP contribution is -2.42. The molecule has 2 aromatic rings. The third kappa shape index (κ3) is 3.69. The summed E-state index contributed by atoms with van der Waals surface area (Å²) in [4.78, 5) is 5.81. The number of hydrogen-bond donors (Lipinski definition) is 1. The molecular formula is C16H13Cl3N2O3S2. The Morgan fingerprint density at radius 3 is 2.54 bits per heavy atom. The number of aliphatic hydroxyl groups is 1. The molecule has 2 aromatic carbocycles. The quantitative estimate of drug-likeness (QED) is 0.699. The van der Waals surface area contributed by atoms with Crippen molar-refractivity contribution in [2.75, 3.05) is 12.8 Å². The van der Waals surface area contributed by atoms with Gasteiger partial charge in [0.2, 0.25) is 0 Å². The topological polar surface area (TPSA) is 70.0 Å². The van der Waals surface area contributed by atoms with Gasteiger partial charge in [-0.3, -0.25) is 0 Å². The molecule has 26 heavy (non-hydrogen) atoms. The zero-order valence-electron chi connectivity index (χ0n) is 13.4. The number of halogens is 3. The van der Waals surface area contributed by atoms with Crippen molar-refractivity contribution >= 4 is 65.6 Å². The Hall–Kier alpha value is -0.960. The highest BCUT2D eigenvalue weighted by Gasteiger charge is 2.43. The number of thioether (sulfide) groups is 1. The lowest BCUT2D eigenvalue weighted by Gasteiger charge is -2.31. The normalized spacial score (nSPS) is 22.2. The Morgan fingerprint density at radius 1 is 1.19 bits per heavy atom. The first-order chi connectivity index (χ1) is 12.1. The second kappa shape index (κ2) is 7.22. The Bertz CT molecular complexity index is 998. The van der Waals surface area contributed by atoms with Crippen LogP contribution in [0.4, 0.5) is 5.69 Å². The molecule has 0 radical (unpaired) electrons. The average molecular weight is 452 g/mol. The summed E-state index contributed by atoms with van der Waals surface area (Å²) in [6.07, 6.45) is 0. The van der Waals surface area contributed by atoms with Crippen LogP contribution >= 0.6 is 45.6 Å². The van der Waals surface area contributed by atoms with Crippen LogP contribution in [0.15, 0.2) is 52.4 Å².